The van der Waals surface area contributed by atoms with Gasteiger partial charge in [-0.1, -0.05) is 60.7 Å². The average molecular weight is 454 g/mol. The van der Waals surface area contributed by atoms with Crippen molar-refractivity contribution in [1.82, 2.24) is 15.1 Å². The Bertz CT molecular complexity index is 1240. The van der Waals surface area contributed by atoms with Crippen molar-refractivity contribution in [3.63, 3.8) is 0 Å². The van der Waals surface area contributed by atoms with E-state index in [0.29, 0.717) is 25.4 Å². The van der Waals surface area contributed by atoms with Crippen LogP contribution in [0, 0.1) is 0 Å². The summed E-state index contributed by atoms with van der Waals surface area (Å²) in [6.45, 7) is 1.74. The highest BCUT2D eigenvalue weighted by Gasteiger charge is 2.25. The molecule has 0 aliphatic carbocycles. The Labute approximate surface area is 199 Å². The number of nitrogens with one attached hydrogen (secondary N) is 1. The number of rotatable bonds is 8. The first-order valence-corrected chi connectivity index (χ1v) is 11.5. The van der Waals surface area contributed by atoms with Crippen LogP contribution in [-0.2, 0) is 28.9 Å². The number of carbonyl (C=O) groups excluding carboxylic acids is 1. The second-order valence-electron chi connectivity index (χ2n) is 8.38. The molecule has 4 aromatic rings. The van der Waals surface area contributed by atoms with E-state index in [1.807, 2.05) is 77.5 Å². The van der Waals surface area contributed by atoms with Gasteiger partial charge in [0.15, 0.2) is 0 Å². The average Bonchev–Trinajstić information content (AvgIpc) is 3.27. The molecule has 2 heterocycles. The summed E-state index contributed by atoms with van der Waals surface area (Å²) < 4.78 is 13.8. The molecule has 1 aliphatic rings. The maximum Gasteiger partial charge on any atom is 0.224 e. The van der Waals surface area contributed by atoms with Gasteiger partial charge >= 0.3 is 0 Å². The van der Waals surface area contributed by atoms with Gasteiger partial charge in [-0.25, -0.2) is 0 Å². The van der Waals surface area contributed by atoms with Gasteiger partial charge in [-0.15, -0.1) is 0 Å². The Kier molecular flexibility index (Phi) is 6.68. The van der Waals surface area contributed by atoms with E-state index in [-0.39, 0.29) is 18.4 Å². The van der Waals surface area contributed by atoms with Gasteiger partial charge < -0.3 is 14.8 Å². The van der Waals surface area contributed by atoms with Crippen LogP contribution in [0.5, 0.6) is 11.5 Å². The summed E-state index contributed by atoms with van der Waals surface area (Å²) in [5.74, 6) is 1.41. The third-order valence-electron chi connectivity index (χ3n) is 5.78. The molecule has 1 unspecified atom stereocenters. The van der Waals surface area contributed by atoms with Crippen molar-refractivity contribution in [3.8, 4) is 11.5 Å². The molecule has 1 N–H and O–H groups in total. The Morgan fingerprint density at radius 3 is 2.53 bits per heavy atom. The van der Waals surface area contributed by atoms with E-state index in [4.69, 9.17) is 14.6 Å². The third kappa shape index (κ3) is 5.53. The van der Waals surface area contributed by atoms with E-state index in [1.165, 1.54) is 11.1 Å². The first-order valence-electron chi connectivity index (χ1n) is 11.5. The van der Waals surface area contributed by atoms with Gasteiger partial charge in [-0.3, -0.25) is 9.48 Å². The van der Waals surface area contributed by atoms with Crippen LogP contribution in [0.1, 0.15) is 28.5 Å². The number of hydrogen-bond acceptors (Lipinski definition) is 4. The van der Waals surface area contributed by atoms with Crippen molar-refractivity contribution in [3.05, 3.63) is 114 Å². The second-order valence-corrected chi connectivity index (χ2v) is 8.38. The minimum Gasteiger partial charge on any atom is -0.457 e. The number of para-hydroxylation sites is 1. The van der Waals surface area contributed by atoms with Gasteiger partial charge in [-0.05, 0) is 47.4 Å². The first-order chi connectivity index (χ1) is 16.7. The number of fused-ring (bicyclic) bond motifs is 1. The topological polar surface area (TPSA) is 65.4 Å². The van der Waals surface area contributed by atoms with Crippen molar-refractivity contribution in [2.24, 2.45) is 0 Å². The molecule has 3 aromatic carbocycles. The third-order valence-corrected chi connectivity index (χ3v) is 5.78. The zero-order valence-electron chi connectivity index (χ0n) is 18.9. The van der Waals surface area contributed by atoms with Gasteiger partial charge in [-0.2, -0.15) is 5.10 Å². The SMILES string of the molecule is O=C(Cc1cccc(Oc2ccccc2)c1)NCC1OCCc2cn(Cc3ccccc3)nc21. The van der Waals surface area contributed by atoms with Gasteiger partial charge in [0.1, 0.15) is 17.6 Å². The standard InChI is InChI=1S/C28H27N3O3/c32-27(17-22-10-7-13-25(16-22)34-24-11-5-2-6-12-24)29-18-26-28-23(14-15-33-26)20-31(30-28)19-21-8-3-1-4-9-21/h1-13,16,20,26H,14-15,17-19H2,(H,29,32). The second kappa shape index (κ2) is 10.4. The van der Waals surface area contributed by atoms with Gasteiger partial charge in [0.2, 0.25) is 5.91 Å². The summed E-state index contributed by atoms with van der Waals surface area (Å²) >= 11 is 0. The van der Waals surface area contributed by atoms with Gasteiger partial charge in [0.25, 0.3) is 0 Å². The summed E-state index contributed by atoms with van der Waals surface area (Å²) in [5, 5.41) is 7.78. The molecule has 172 valence electrons. The number of amides is 1. The lowest BCUT2D eigenvalue weighted by Crippen LogP contribution is -2.32. The van der Waals surface area contributed by atoms with Crippen molar-refractivity contribution in [2.75, 3.05) is 13.2 Å². The Balaban J connectivity index is 1.18. The number of ether oxygens (including phenoxy) is 2. The summed E-state index contributed by atoms with van der Waals surface area (Å²) in [4.78, 5) is 12.7. The normalized spacial score (nSPS) is 14.9. The molecule has 34 heavy (non-hydrogen) atoms. The fourth-order valence-corrected chi connectivity index (χ4v) is 4.14. The Morgan fingerprint density at radius 2 is 1.71 bits per heavy atom. The lowest BCUT2D eigenvalue weighted by atomic mass is 10.1. The van der Waals surface area contributed by atoms with Crippen LogP contribution < -0.4 is 10.1 Å². The van der Waals surface area contributed by atoms with Crippen molar-refractivity contribution < 1.29 is 14.3 Å². The monoisotopic (exact) mass is 453 g/mol. The van der Waals surface area contributed by atoms with E-state index in [9.17, 15) is 4.79 Å². The van der Waals surface area contributed by atoms with Crippen molar-refractivity contribution >= 4 is 5.91 Å². The molecular weight excluding hydrogens is 426 g/mol. The molecule has 0 radical (unpaired) electrons. The van der Waals surface area contributed by atoms with E-state index < -0.39 is 0 Å². The molecular formula is C28H27N3O3. The molecule has 5 rings (SSSR count). The van der Waals surface area contributed by atoms with Crippen LogP contribution in [0.3, 0.4) is 0 Å². The summed E-state index contributed by atoms with van der Waals surface area (Å²) in [6, 6.07) is 27.5. The molecule has 1 aliphatic heterocycles. The molecule has 0 saturated carbocycles. The maximum atomic E-state index is 12.7. The van der Waals surface area contributed by atoms with Crippen LogP contribution in [0.25, 0.3) is 0 Å². The van der Waals surface area contributed by atoms with Crippen LogP contribution in [0.4, 0.5) is 0 Å². The molecule has 0 spiro atoms. The number of benzene rings is 3. The number of carbonyl (C=O) groups is 1. The summed E-state index contributed by atoms with van der Waals surface area (Å²) in [7, 11) is 0. The summed E-state index contributed by atoms with van der Waals surface area (Å²) in [5.41, 5.74) is 4.20. The first kappa shape index (κ1) is 21.9. The molecule has 1 atom stereocenters. The van der Waals surface area contributed by atoms with E-state index in [1.54, 1.807) is 0 Å². The Morgan fingerprint density at radius 1 is 0.971 bits per heavy atom. The lowest BCUT2D eigenvalue weighted by molar-refractivity contribution is -0.121. The van der Waals surface area contributed by atoms with E-state index in [0.717, 1.165) is 23.4 Å². The molecule has 6 nitrogen and oxygen atoms in total. The van der Waals surface area contributed by atoms with Gasteiger partial charge in [0, 0.05) is 12.7 Å². The molecule has 0 saturated heterocycles. The van der Waals surface area contributed by atoms with E-state index >= 15 is 0 Å². The van der Waals surface area contributed by atoms with Crippen LogP contribution >= 0.6 is 0 Å². The lowest BCUT2D eigenvalue weighted by Gasteiger charge is -2.22. The quantitative estimate of drug-likeness (QED) is 0.420. The fourth-order valence-electron chi connectivity index (χ4n) is 4.14. The molecule has 1 aromatic heterocycles. The Hall–Kier alpha value is -3.90. The summed E-state index contributed by atoms with van der Waals surface area (Å²) in [6.07, 6.45) is 2.96. The zero-order valence-corrected chi connectivity index (χ0v) is 18.9. The molecule has 0 bridgehead atoms. The van der Waals surface area contributed by atoms with Crippen LogP contribution in [-0.4, -0.2) is 28.8 Å². The number of nitrogens with zero attached hydrogens (tertiary/aromatic N) is 2. The van der Waals surface area contributed by atoms with Crippen molar-refractivity contribution in [2.45, 2.75) is 25.5 Å². The smallest absolute Gasteiger partial charge is 0.224 e. The van der Waals surface area contributed by atoms with Crippen molar-refractivity contribution in [1.29, 1.82) is 0 Å². The van der Waals surface area contributed by atoms with E-state index in [2.05, 4.69) is 23.6 Å². The molecule has 0 fully saturated rings. The highest BCUT2D eigenvalue weighted by Crippen LogP contribution is 2.26. The van der Waals surface area contributed by atoms with Crippen LogP contribution in [0.2, 0.25) is 0 Å². The highest BCUT2D eigenvalue weighted by atomic mass is 16.5. The van der Waals surface area contributed by atoms with Crippen LogP contribution in [0.15, 0.2) is 91.1 Å². The number of aromatic nitrogens is 2. The minimum absolute atomic E-state index is 0.0590. The zero-order chi connectivity index (χ0) is 23.2. The predicted molar refractivity (Wildman–Crippen MR) is 130 cm³/mol. The minimum atomic E-state index is -0.238. The fraction of sp³-hybridized carbons (Fsp3) is 0.214. The predicted octanol–water partition coefficient (Wildman–Crippen LogP) is 4.70. The number of hydrogen-bond donors (Lipinski definition) is 1. The highest BCUT2D eigenvalue weighted by molar-refractivity contribution is 5.78. The maximum absolute atomic E-state index is 12.7. The van der Waals surface area contributed by atoms with Gasteiger partial charge in [0.05, 0.1) is 25.3 Å². The molecule has 1 amide bonds. The largest absolute Gasteiger partial charge is 0.457 e. The molecule has 6 heteroatoms.